The molecule has 192 valence electrons. The number of sulfonamides is 1. The lowest BCUT2D eigenvalue weighted by atomic mass is 9.82. The summed E-state index contributed by atoms with van der Waals surface area (Å²) in [5, 5.41) is 9.58. The fourth-order valence-electron chi connectivity index (χ4n) is 4.43. The van der Waals surface area contributed by atoms with Gasteiger partial charge in [-0.05, 0) is 79.5 Å². The first-order valence-electron chi connectivity index (χ1n) is 11.9. The van der Waals surface area contributed by atoms with Gasteiger partial charge in [0.05, 0.1) is 18.1 Å². The highest BCUT2D eigenvalue weighted by Gasteiger charge is 2.42. The van der Waals surface area contributed by atoms with Crippen LogP contribution in [0.1, 0.15) is 45.1 Å². The van der Waals surface area contributed by atoms with E-state index in [0.29, 0.717) is 36.7 Å². The molecule has 1 atom stereocenters. The summed E-state index contributed by atoms with van der Waals surface area (Å²) in [6, 6.07) is 8.37. The second-order valence-corrected chi connectivity index (χ2v) is 11.2. The van der Waals surface area contributed by atoms with Gasteiger partial charge in [0.1, 0.15) is 11.8 Å². The summed E-state index contributed by atoms with van der Waals surface area (Å²) in [5.41, 5.74) is 2.40. The summed E-state index contributed by atoms with van der Waals surface area (Å²) >= 11 is 0. The molecule has 0 aliphatic heterocycles. The molecule has 0 radical (unpaired) electrons. The van der Waals surface area contributed by atoms with Crippen LogP contribution in [0.15, 0.2) is 53.7 Å². The van der Waals surface area contributed by atoms with Crippen LogP contribution in [0.25, 0.3) is 0 Å². The lowest BCUT2D eigenvalue weighted by Gasteiger charge is -2.38. The van der Waals surface area contributed by atoms with Crippen LogP contribution >= 0.6 is 0 Å². The molecule has 1 saturated carbocycles. The Kier molecular flexibility index (Phi) is 9.62. The van der Waals surface area contributed by atoms with E-state index in [-0.39, 0.29) is 23.5 Å². The molecule has 10 heteroatoms. The minimum atomic E-state index is -4.11. The Balaban J connectivity index is 1.94. The third-order valence-electron chi connectivity index (χ3n) is 6.27. The van der Waals surface area contributed by atoms with Gasteiger partial charge in [0.15, 0.2) is 0 Å². The standard InChI is InChI=1S/C25H35N3O6S/c1-18(2)17-34-22-6-4-20(5-7-22)24(25(29)27-30)28(16-19-12-14-26-15-13-19)35(31,32)23-10-8-21(33-3)9-11-23/h8-15,18,20,22,24,30H,4-7,16-17H2,1-3H3,(H,27,29)/t20?,22?,24-/m1/s1. The second-order valence-electron chi connectivity index (χ2n) is 9.27. The highest BCUT2D eigenvalue weighted by Crippen LogP contribution is 2.34. The Morgan fingerprint density at radius 2 is 1.74 bits per heavy atom. The molecule has 1 heterocycles. The van der Waals surface area contributed by atoms with Crippen molar-refractivity contribution >= 4 is 15.9 Å². The van der Waals surface area contributed by atoms with E-state index in [0.717, 1.165) is 12.8 Å². The summed E-state index contributed by atoms with van der Waals surface area (Å²) in [6.07, 6.45) is 5.88. The number of aromatic nitrogens is 1. The number of pyridine rings is 1. The predicted molar refractivity (Wildman–Crippen MR) is 130 cm³/mol. The largest absolute Gasteiger partial charge is 0.497 e. The molecule has 1 aromatic heterocycles. The lowest BCUT2D eigenvalue weighted by Crippen LogP contribution is -2.53. The monoisotopic (exact) mass is 505 g/mol. The number of ether oxygens (including phenoxy) is 2. The molecule has 1 aromatic carbocycles. The Labute approximate surface area is 207 Å². The minimum absolute atomic E-state index is 0.0389. The number of hydroxylamine groups is 1. The normalized spacial score (nSPS) is 19.5. The lowest BCUT2D eigenvalue weighted by molar-refractivity contribution is -0.136. The first kappa shape index (κ1) is 27.1. The van der Waals surface area contributed by atoms with E-state index in [1.54, 1.807) is 42.1 Å². The van der Waals surface area contributed by atoms with Crippen molar-refractivity contribution in [3.8, 4) is 5.75 Å². The topological polar surface area (TPSA) is 118 Å². The van der Waals surface area contributed by atoms with Gasteiger partial charge in [0, 0.05) is 25.5 Å². The van der Waals surface area contributed by atoms with E-state index in [4.69, 9.17) is 9.47 Å². The number of nitrogens with one attached hydrogen (secondary N) is 1. The maximum absolute atomic E-state index is 13.9. The molecular formula is C25H35N3O6S. The number of methoxy groups -OCH3 is 1. The molecule has 1 aliphatic rings. The Hall–Kier alpha value is -2.53. The molecule has 1 amide bonds. The average Bonchev–Trinajstić information content (AvgIpc) is 2.88. The smallest absolute Gasteiger partial charge is 0.262 e. The molecule has 2 N–H and O–H groups in total. The zero-order chi connectivity index (χ0) is 25.4. The average molecular weight is 506 g/mol. The number of carbonyl (C=O) groups is 1. The number of hydrogen-bond acceptors (Lipinski definition) is 7. The van der Waals surface area contributed by atoms with Gasteiger partial charge in [0.2, 0.25) is 10.0 Å². The van der Waals surface area contributed by atoms with Crippen LogP contribution in [-0.2, 0) is 26.1 Å². The van der Waals surface area contributed by atoms with Crippen molar-refractivity contribution in [1.82, 2.24) is 14.8 Å². The van der Waals surface area contributed by atoms with Crippen molar-refractivity contribution in [2.75, 3.05) is 13.7 Å². The van der Waals surface area contributed by atoms with Crippen LogP contribution in [0.2, 0.25) is 0 Å². The maximum Gasteiger partial charge on any atom is 0.262 e. The number of hydrogen-bond donors (Lipinski definition) is 2. The number of carbonyl (C=O) groups excluding carboxylic acids is 1. The Morgan fingerprint density at radius 1 is 1.11 bits per heavy atom. The molecular weight excluding hydrogens is 470 g/mol. The van der Waals surface area contributed by atoms with Gasteiger partial charge in [-0.3, -0.25) is 15.0 Å². The van der Waals surface area contributed by atoms with Crippen molar-refractivity contribution in [2.45, 2.75) is 63.1 Å². The number of rotatable bonds is 11. The summed E-state index contributed by atoms with van der Waals surface area (Å²) in [7, 11) is -2.61. The van der Waals surface area contributed by atoms with Gasteiger partial charge in [-0.15, -0.1) is 0 Å². The molecule has 9 nitrogen and oxygen atoms in total. The second kappa shape index (κ2) is 12.4. The molecule has 1 aliphatic carbocycles. The molecule has 35 heavy (non-hydrogen) atoms. The van der Waals surface area contributed by atoms with Crippen LogP contribution in [0.3, 0.4) is 0 Å². The van der Waals surface area contributed by atoms with Crippen molar-refractivity contribution < 1.29 is 27.9 Å². The fourth-order valence-corrected chi connectivity index (χ4v) is 6.07. The zero-order valence-corrected chi connectivity index (χ0v) is 21.3. The van der Waals surface area contributed by atoms with Crippen LogP contribution in [0, 0.1) is 11.8 Å². The Morgan fingerprint density at radius 3 is 2.29 bits per heavy atom. The maximum atomic E-state index is 13.9. The van der Waals surface area contributed by atoms with Gasteiger partial charge >= 0.3 is 0 Å². The number of amides is 1. The van der Waals surface area contributed by atoms with Crippen molar-refractivity contribution in [3.05, 3.63) is 54.4 Å². The highest BCUT2D eigenvalue weighted by atomic mass is 32.2. The summed E-state index contributed by atoms with van der Waals surface area (Å²) < 4.78 is 40.1. The third kappa shape index (κ3) is 7.00. The van der Waals surface area contributed by atoms with Crippen LogP contribution in [-0.4, -0.2) is 54.7 Å². The van der Waals surface area contributed by atoms with Crippen molar-refractivity contribution in [1.29, 1.82) is 0 Å². The minimum Gasteiger partial charge on any atom is -0.497 e. The Bertz CT molecular complexity index is 1040. The molecule has 0 saturated heterocycles. The van der Waals surface area contributed by atoms with Gasteiger partial charge in [0.25, 0.3) is 5.91 Å². The molecule has 0 spiro atoms. The van der Waals surface area contributed by atoms with Gasteiger partial charge < -0.3 is 9.47 Å². The highest BCUT2D eigenvalue weighted by molar-refractivity contribution is 7.89. The molecule has 0 unspecified atom stereocenters. The molecule has 1 fully saturated rings. The van der Waals surface area contributed by atoms with Gasteiger partial charge in [-0.1, -0.05) is 13.8 Å². The predicted octanol–water partition coefficient (Wildman–Crippen LogP) is 3.39. The summed E-state index contributed by atoms with van der Waals surface area (Å²) in [5.74, 6) is -0.0845. The van der Waals surface area contributed by atoms with Crippen LogP contribution in [0.5, 0.6) is 5.75 Å². The molecule has 3 rings (SSSR count). The van der Waals surface area contributed by atoms with E-state index in [1.807, 2.05) is 0 Å². The fraction of sp³-hybridized carbons (Fsp3) is 0.520. The van der Waals surface area contributed by atoms with E-state index >= 15 is 0 Å². The molecule has 2 aromatic rings. The van der Waals surface area contributed by atoms with E-state index in [2.05, 4.69) is 18.8 Å². The van der Waals surface area contributed by atoms with Crippen LogP contribution in [0.4, 0.5) is 0 Å². The van der Waals surface area contributed by atoms with E-state index in [9.17, 15) is 18.4 Å². The van der Waals surface area contributed by atoms with Gasteiger partial charge in [-0.2, -0.15) is 4.31 Å². The first-order valence-corrected chi connectivity index (χ1v) is 13.3. The third-order valence-corrected chi connectivity index (χ3v) is 8.12. The van der Waals surface area contributed by atoms with Gasteiger partial charge in [-0.25, -0.2) is 13.9 Å². The molecule has 0 bridgehead atoms. The SMILES string of the molecule is COc1ccc(S(=O)(=O)N(Cc2ccncc2)[C@@H](C(=O)NO)C2CCC(OCC(C)C)CC2)cc1. The number of nitrogens with zero attached hydrogens (tertiary/aromatic N) is 2. The first-order chi connectivity index (χ1) is 16.8. The summed E-state index contributed by atoms with van der Waals surface area (Å²) in [6.45, 7) is 4.80. The zero-order valence-electron chi connectivity index (χ0n) is 20.5. The quantitative estimate of drug-likeness (QED) is 0.355. The van der Waals surface area contributed by atoms with Crippen LogP contribution < -0.4 is 10.2 Å². The summed E-state index contributed by atoms with van der Waals surface area (Å²) in [4.78, 5) is 17.0. The van der Waals surface area contributed by atoms with Crippen molar-refractivity contribution in [2.24, 2.45) is 11.8 Å². The van der Waals surface area contributed by atoms with E-state index in [1.165, 1.54) is 23.5 Å². The number of benzene rings is 1. The van der Waals surface area contributed by atoms with Crippen molar-refractivity contribution in [3.63, 3.8) is 0 Å². The van der Waals surface area contributed by atoms with E-state index < -0.39 is 22.0 Å².